The van der Waals surface area contributed by atoms with Crippen LogP contribution in [0.1, 0.15) is 11.1 Å². The highest BCUT2D eigenvalue weighted by molar-refractivity contribution is 6.16. The van der Waals surface area contributed by atoms with Gasteiger partial charge in [-0.1, -0.05) is 151 Å². The number of aryl methyl sites for hydroxylation is 2. The second kappa shape index (κ2) is 16.0. The van der Waals surface area contributed by atoms with Gasteiger partial charge in [-0.2, -0.15) is 0 Å². The number of hydrogen-bond acceptors (Lipinski definition) is 3. The fraction of sp³-hybridized carbons (Fsp3) is 0.0333. The number of benzene rings is 11. The summed E-state index contributed by atoms with van der Waals surface area (Å²) in [4.78, 5) is 7.14. The van der Waals surface area contributed by atoms with E-state index in [-0.39, 0.29) is 0 Å². The first-order valence-electron chi connectivity index (χ1n) is 21.7. The molecule has 0 spiro atoms. The van der Waals surface area contributed by atoms with Gasteiger partial charge >= 0.3 is 0 Å². The summed E-state index contributed by atoms with van der Waals surface area (Å²) in [5.41, 5.74) is 12.4. The minimum Gasteiger partial charge on any atom is -0.311 e. The molecule has 300 valence electrons. The number of nitrogens with zero attached hydrogens (tertiary/aromatic N) is 3. The zero-order chi connectivity index (χ0) is 42.3. The van der Waals surface area contributed by atoms with Gasteiger partial charge in [0.25, 0.3) is 0 Å². The Morgan fingerprint density at radius 1 is 0.222 bits per heavy atom. The van der Waals surface area contributed by atoms with Crippen molar-refractivity contribution in [1.29, 1.82) is 0 Å². The fourth-order valence-electron chi connectivity index (χ4n) is 9.21. The van der Waals surface area contributed by atoms with E-state index in [1.807, 2.05) is 0 Å². The van der Waals surface area contributed by atoms with Crippen LogP contribution in [0.25, 0.3) is 43.1 Å². The maximum absolute atomic E-state index is 2.40. The third-order valence-electron chi connectivity index (χ3n) is 12.3. The maximum Gasteiger partial charge on any atom is 0.0546 e. The average molecular weight is 808 g/mol. The lowest BCUT2D eigenvalue weighted by Gasteiger charge is -2.30. The van der Waals surface area contributed by atoms with Crippen molar-refractivity contribution in [1.82, 2.24) is 0 Å². The SMILES string of the molecule is Cc1ccc(N(c2ccc(N(c3ccccc3)c3ccc(N(c4ccc(C)cc4)c4cc5ccccc5c5ccccc45)cc3)cc2)c2cc3ccccc3c3ccccc23)cc1. The molecule has 0 saturated carbocycles. The summed E-state index contributed by atoms with van der Waals surface area (Å²) in [5.74, 6) is 0. The molecule has 0 unspecified atom stereocenters. The summed E-state index contributed by atoms with van der Waals surface area (Å²) in [7, 11) is 0. The lowest BCUT2D eigenvalue weighted by Crippen LogP contribution is -2.13. The Kier molecular flexibility index (Phi) is 9.63. The molecule has 0 aromatic heterocycles. The Hall–Kier alpha value is -8.14. The first kappa shape index (κ1) is 37.8. The summed E-state index contributed by atoms with van der Waals surface area (Å²) in [6.07, 6.45) is 0. The molecule has 0 bridgehead atoms. The van der Waals surface area contributed by atoms with Crippen LogP contribution >= 0.6 is 0 Å². The highest BCUT2D eigenvalue weighted by Crippen LogP contribution is 2.46. The molecule has 11 aromatic carbocycles. The van der Waals surface area contributed by atoms with Gasteiger partial charge in [0.1, 0.15) is 0 Å². The van der Waals surface area contributed by atoms with Crippen LogP contribution < -0.4 is 14.7 Å². The predicted octanol–water partition coefficient (Wildman–Crippen LogP) is 17.3. The number of fused-ring (bicyclic) bond motifs is 6. The standard InChI is InChI=1S/C60H45N3/c1-42-24-28-49(29-25-42)62(59-40-44-14-6-8-18-53(44)55-20-10-12-22-57(55)59)51-36-32-47(33-37-51)61(46-16-4-3-5-17-46)48-34-38-52(39-35-48)63(50-30-26-43(2)27-31-50)60-41-45-15-7-9-19-54(45)56-21-11-13-23-58(56)60/h3-41H,1-2H3. The summed E-state index contributed by atoms with van der Waals surface area (Å²) in [6.45, 7) is 4.29. The van der Waals surface area contributed by atoms with Crippen LogP contribution in [0.3, 0.4) is 0 Å². The molecule has 0 radical (unpaired) electrons. The van der Waals surface area contributed by atoms with E-state index in [9.17, 15) is 0 Å². The smallest absolute Gasteiger partial charge is 0.0546 e. The third-order valence-corrected chi connectivity index (χ3v) is 12.3. The minimum absolute atomic E-state index is 1.07. The third kappa shape index (κ3) is 7.00. The zero-order valence-corrected chi connectivity index (χ0v) is 35.4. The van der Waals surface area contributed by atoms with E-state index in [1.54, 1.807) is 0 Å². The molecule has 0 amide bonds. The van der Waals surface area contributed by atoms with E-state index in [0.717, 1.165) is 51.2 Å². The van der Waals surface area contributed by atoms with Crippen LogP contribution in [0.2, 0.25) is 0 Å². The van der Waals surface area contributed by atoms with Gasteiger partial charge in [-0.3, -0.25) is 0 Å². The van der Waals surface area contributed by atoms with Crippen molar-refractivity contribution in [2.24, 2.45) is 0 Å². The molecule has 0 aliphatic carbocycles. The van der Waals surface area contributed by atoms with Crippen LogP contribution in [0.4, 0.5) is 51.2 Å². The Morgan fingerprint density at radius 2 is 0.492 bits per heavy atom. The fourth-order valence-corrected chi connectivity index (χ4v) is 9.21. The van der Waals surface area contributed by atoms with Crippen molar-refractivity contribution in [3.05, 3.63) is 248 Å². The zero-order valence-electron chi connectivity index (χ0n) is 35.4. The van der Waals surface area contributed by atoms with Crippen molar-refractivity contribution in [2.75, 3.05) is 14.7 Å². The van der Waals surface area contributed by atoms with E-state index < -0.39 is 0 Å². The number of rotatable bonds is 9. The van der Waals surface area contributed by atoms with Gasteiger partial charge in [0.2, 0.25) is 0 Å². The molecular weight excluding hydrogens is 763 g/mol. The van der Waals surface area contributed by atoms with Crippen molar-refractivity contribution in [3.8, 4) is 0 Å². The second-order valence-corrected chi connectivity index (χ2v) is 16.4. The number of hydrogen-bond donors (Lipinski definition) is 0. The number of anilines is 9. The summed E-state index contributed by atoms with van der Waals surface area (Å²) in [6, 6.07) is 86.0. The maximum atomic E-state index is 2.40. The Morgan fingerprint density at radius 3 is 0.873 bits per heavy atom. The minimum atomic E-state index is 1.07. The molecule has 3 heteroatoms. The van der Waals surface area contributed by atoms with Crippen LogP contribution in [-0.2, 0) is 0 Å². The van der Waals surface area contributed by atoms with Crippen LogP contribution in [0, 0.1) is 13.8 Å². The van der Waals surface area contributed by atoms with Crippen LogP contribution in [-0.4, -0.2) is 0 Å². The second-order valence-electron chi connectivity index (χ2n) is 16.4. The normalized spacial score (nSPS) is 11.3. The van der Waals surface area contributed by atoms with E-state index in [4.69, 9.17) is 0 Å². The molecule has 0 heterocycles. The molecule has 63 heavy (non-hydrogen) atoms. The van der Waals surface area contributed by atoms with Gasteiger partial charge in [0, 0.05) is 50.6 Å². The first-order chi connectivity index (χ1) is 31.1. The van der Waals surface area contributed by atoms with Crippen molar-refractivity contribution >= 4 is 94.3 Å². The number of para-hydroxylation sites is 1. The lowest BCUT2D eigenvalue weighted by molar-refractivity contribution is 1.25. The topological polar surface area (TPSA) is 9.72 Å². The largest absolute Gasteiger partial charge is 0.311 e. The van der Waals surface area contributed by atoms with Crippen molar-refractivity contribution in [2.45, 2.75) is 13.8 Å². The molecule has 0 saturated heterocycles. The van der Waals surface area contributed by atoms with E-state index in [2.05, 4.69) is 265 Å². The molecule has 0 atom stereocenters. The summed E-state index contributed by atoms with van der Waals surface area (Å²) >= 11 is 0. The van der Waals surface area contributed by atoms with Crippen LogP contribution in [0.5, 0.6) is 0 Å². The molecule has 0 aliphatic heterocycles. The molecular formula is C60H45N3. The lowest BCUT2D eigenvalue weighted by atomic mass is 9.99. The predicted molar refractivity (Wildman–Crippen MR) is 270 cm³/mol. The Bertz CT molecular complexity index is 3180. The van der Waals surface area contributed by atoms with E-state index in [1.165, 1.54) is 54.2 Å². The molecule has 11 rings (SSSR count). The molecule has 11 aromatic rings. The Labute approximate surface area is 369 Å². The molecule has 0 N–H and O–H groups in total. The first-order valence-corrected chi connectivity index (χ1v) is 21.7. The van der Waals surface area contributed by atoms with Crippen LogP contribution in [0.15, 0.2) is 237 Å². The van der Waals surface area contributed by atoms with Crippen molar-refractivity contribution in [3.63, 3.8) is 0 Å². The quantitative estimate of drug-likeness (QED) is 0.135. The highest BCUT2D eigenvalue weighted by Gasteiger charge is 2.21. The van der Waals surface area contributed by atoms with Gasteiger partial charge in [0.15, 0.2) is 0 Å². The van der Waals surface area contributed by atoms with Crippen molar-refractivity contribution < 1.29 is 0 Å². The Balaban J connectivity index is 1.02. The van der Waals surface area contributed by atoms with Gasteiger partial charge in [-0.05, 0) is 143 Å². The summed E-state index contributed by atoms with van der Waals surface area (Å²) in [5, 5.41) is 9.86. The summed E-state index contributed by atoms with van der Waals surface area (Å²) < 4.78 is 0. The van der Waals surface area contributed by atoms with Gasteiger partial charge < -0.3 is 14.7 Å². The van der Waals surface area contributed by atoms with Gasteiger partial charge in [-0.25, -0.2) is 0 Å². The molecule has 0 aliphatic rings. The van der Waals surface area contributed by atoms with Gasteiger partial charge in [0.05, 0.1) is 11.4 Å². The average Bonchev–Trinajstić information content (AvgIpc) is 3.34. The molecule has 0 fully saturated rings. The monoisotopic (exact) mass is 807 g/mol. The highest BCUT2D eigenvalue weighted by atomic mass is 15.2. The molecule has 3 nitrogen and oxygen atoms in total. The van der Waals surface area contributed by atoms with E-state index in [0.29, 0.717) is 0 Å². The van der Waals surface area contributed by atoms with E-state index >= 15 is 0 Å². The van der Waals surface area contributed by atoms with Gasteiger partial charge in [-0.15, -0.1) is 0 Å².